The molecule has 1 aliphatic rings. The minimum Gasteiger partial charge on any atom is -0.367 e. The summed E-state index contributed by atoms with van der Waals surface area (Å²) in [6.45, 7) is 6.17. The van der Waals surface area contributed by atoms with Crippen LogP contribution in [0, 0.1) is 0 Å². The number of benzene rings is 1. The molecule has 2 heterocycles. The molecule has 7 nitrogen and oxygen atoms in total. The van der Waals surface area contributed by atoms with E-state index in [0.29, 0.717) is 24.8 Å². The van der Waals surface area contributed by atoms with E-state index in [1.165, 1.54) is 0 Å². The van der Waals surface area contributed by atoms with Crippen LogP contribution in [0.2, 0.25) is 0 Å². The monoisotopic (exact) mass is 358 g/mol. The second-order valence-electron chi connectivity index (χ2n) is 6.87. The summed E-state index contributed by atoms with van der Waals surface area (Å²) in [7, 11) is 0. The van der Waals surface area contributed by atoms with Gasteiger partial charge in [0.05, 0.1) is 6.10 Å². The van der Waals surface area contributed by atoms with E-state index in [1.807, 2.05) is 49.1 Å². The summed E-state index contributed by atoms with van der Waals surface area (Å²) in [5.74, 6) is 1.40. The molecule has 0 saturated carbocycles. The SMILES string of the molecule is CC(C)c1noc(CO[C@@H]2CCCN(C(=O)NCc3ccccc3)C2)n1. The number of piperidine rings is 1. The van der Waals surface area contributed by atoms with Crippen LogP contribution in [0.25, 0.3) is 0 Å². The van der Waals surface area contributed by atoms with Crippen molar-refractivity contribution in [1.82, 2.24) is 20.4 Å². The normalized spacial score (nSPS) is 17.5. The molecule has 1 atom stereocenters. The number of hydrogen-bond donors (Lipinski definition) is 1. The first kappa shape index (κ1) is 18.4. The summed E-state index contributed by atoms with van der Waals surface area (Å²) in [4.78, 5) is 18.5. The molecular formula is C19H26N4O3. The van der Waals surface area contributed by atoms with E-state index in [9.17, 15) is 4.79 Å². The van der Waals surface area contributed by atoms with Gasteiger partial charge in [0.1, 0.15) is 6.61 Å². The van der Waals surface area contributed by atoms with Crippen molar-refractivity contribution >= 4 is 6.03 Å². The van der Waals surface area contributed by atoms with Crippen molar-refractivity contribution in [2.75, 3.05) is 13.1 Å². The Kier molecular flexibility index (Phi) is 6.22. The van der Waals surface area contributed by atoms with Crippen molar-refractivity contribution in [3.05, 3.63) is 47.6 Å². The Labute approximate surface area is 153 Å². The minimum atomic E-state index is -0.0537. The number of likely N-dealkylation sites (tertiary alicyclic amines) is 1. The number of amides is 2. The van der Waals surface area contributed by atoms with Crippen LogP contribution in [0.5, 0.6) is 0 Å². The van der Waals surface area contributed by atoms with Gasteiger partial charge in [0.2, 0.25) is 0 Å². The van der Waals surface area contributed by atoms with Gasteiger partial charge in [0, 0.05) is 25.6 Å². The average Bonchev–Trinajstić information content (AvgIpc) is 3.15. The first-order valence-electron chi connectivity index (χ1n) is 9.12. The summed E-state index contributed by atoms with van der Waals surface area (Å²) < 4.78 is 11.1. The van der Waals surface area contributed by atoms with Crippen LogP contribution >= 0.6 is 0 Å². The number of aromatic nitrogens is 2. The molecule has 26 heavy (non-hydrogen) atoms. The second-order valence-corrected chi connectivity index (χ2v) is 6.87. The maximum Gasteiger partial charge on any atom is 0.317 e. The Bertz CT molecular complexity index is 702. The fourth-order valence-electron chi connectivity index (χ4n) is 2.89. The van der Waals surface area contributed by atoms with Crippen LogP contribution in [0.1, 0.15) is 49.9 Å². The zero-order valence-corrected chi connectivity index (χ0v) is 15.4. The number of hydrogen-bond acceptors (Lipinski definition) is 5. The lowest BCUT2D eigenvalue weighted by atomic mass is 10.1. The van der Waals surface area contributed by atoms with E-state index in [4.69, 9.17) is 9.26 Å². The van der Waals surface area contributed by atoms with Gasteiger partial charge < -0.3 is 19.5 Å². The lowest BCUT2D eigenvalue weighted by molar-refractivity contribution is -0.0103. The van der Waals surface area contributed by atoms with Crippen LogP contribution in [0.4, 0.5) is 4.79 Å². The molecule has 3 rings (SSSR count). The molecule has 0 radical (unpaired) electrons. The van der Waals surface area contributed by atoms with Gasteiger partial charge in [-0.25, -0.2) is 4.79 Å². The molecule has 1 aliphatic heterocycles. The van der Waals surface area contributed by atoms with Gasteiger partial charge in [0.15, 0.2) is 5.82 Å². The van der Waals surface area contributed by atoms with Gasteiger partial charge in [-0.3, -0.25) is 0 Å². The van der Waals surface area contributed by atoms with Crippen LogP contribution in [0.3, 0.4) is 0 Å². The molecule has 0 aliphatic carbocycles. The zero-order valence-electron chi connectivity index (χ0n) is 15.4. The Morgan fingerprint density at radius 1 is 1.38 bits per heavy atom. The van der Waals surface area contributed by atoms with Crippen LogP contribution in [0.15, 0.2) is 34.9 Å². The van der Waals surface area contributed by atoms with E-state index >= 15 is 0 Å². The highest BCUT2D eigenvalue weighted by Gasteiger charge is 2.24. The molecule has 7 heteroatoms. The smallest absolute Gasteiger partial charge is 0.317 e. The summed E-state index contributed by atoms with van der Waals surface area (Å²) in [6, 6.07) is 9.84. The minimum absolute atomic E-state index is 0.0133. The van der Waals surface area contributed by atoms with Crippen molar-refractivity contribution in [3.63, 3.8) is 0 Å². The number of nitrogens with one attached hydrogen (secondary N) is 1. The zero-order chi connectivity index (χ0) is 18.4. The van der Waals surface area contributed by atoms with E-state index in [-0.39, 0.29) is 24.7 Å². The number of carbonyl (C=O) groups excluding carboxylic acids is 1. The predicted molar refractivity (Wildman–Crippen MR) is 96.4 cm³/mol. The highest BCUT2D eigenvalue weighted by molar-refractivity contribution is 5.74. The molecule has 1 fully saturated rings. The summed E-state index contributed by atoms with van der Waals surface area (Å²) in [5, 5.41) is 6.90. The molecule has 0 bridgehead atoms. The lowest BCUT2D eigenvalue weighted by Crippen LogP contribution is -2.47. The Hall–Kier alpha value is -2.41. The maximum atomic E-state index is 12.4. The van der Waals surface area contributed by atoms with Gasteiger partial charge in [0.25, 0.3) is 5.89 Å². The van der Waals surface area contributed by atoms with Gasteiger partial charge in [-0.15, -0.1) is 0 Å². The van der Waals surface area contributed by atoms with E-state index in [1.54, 1.807) is 0 Å². The Morgan fingerprint density at radius 3 is 2.92 bits per heavy atom. The topological polar surface area (TPSA) is 80.5 Å². The molecule has 0 spiro atoms. The number of urea groups is 1. The van der Waals surface area contributed by atoms with Gasteiger partial charge in [-0.1, -0.05) is 49.3 Å². The molecule has 1 aromatic carbocycles. The third kappa shape index (κ3) is 5.05. The standard InChI is InChI=1S/C19H26N4O3/c1-14(2)18-21-17(26-22-18)13-25-16-9-6-10-23(12-16)19(24)20-11-15-7-4-3-5-8-15/h3-5,7-8,14,16H,6,9-13H2,1-2H3,(H,20,24)/t16-/m1/s1. The predicted octanol–water partition coefficient (Wildman–Crippen LogP) is 3.08. The Balaban J connectivity index is 1.45. The molecule has 1 aromatic heterocycles. The number of nitrogens with zero attached hydrogens (tertiary/aromatic N) is 3. The third-order valence-corrected chi connectivity index (χ3v) is 4.39. The largest absolute Gasteiger partial charge is 0.367 e. The molecule has 0 unspecified atom stereocenters. The third-order valence-electron chi connectivity index (χ3n) is 4.39. The number of rotatable bonds is 6. The van der Waals surface area contributed by atoms with Gasteiger partial charge >= 0.3 is 6.03 Å². The first-order chi connectivity index (χ1) is 12.6. The van der Waals surface area contributed by atoms with Crippen molar-refractivity contribution in [2.45, 2.75) is 51.9 Å². The van der Waals surface area contributed by atoms with E-state index < -0.39 is 0 Å². The lowest BCUT2D eigenvalue weighted by Gasteiger charge is -2.32. The highest BCUT2D eigenvalue weighted by Crippen LogP contribution is 2.16. The average molecular weight is 358 g/mol. The van der Waals surface area contributed by atoms with Crippen molar-refractivity contribution in [2.24, 2.45) is 0 Å². The Morgan fingerprint density at radius 2 is 2.19 bits per heavy atom. The fraction of sp³-hybridized carbons (Fsp3) is 0.526. The summed E-state index contributed by atoms with van der Waals surface area (Å²) in [6.07, 6.45) is 1.83. The van der Waals surface area contributed by atoms with E-state index in [2.05, 4.69) is 15.5 Å². The second kappa shape index (κ2) is 8.80. The first-order valence-corrected chi connectivity index (χ1v) is 9.12. The summed E-state index contributed by atoms with van der Waals surface area (Å²) in [5.41, 5.74) is 1.09. The van der Waals surface area contributed by atoms with Crippen LogP contribution < -0.4 is 5.32 Å². The van der Waals surface area contributed by atoms with Gasteiger partial charge in [-0.2, -0.15) is 4.98 Å². The number of carbonyl (C=O) groups is 1. The number of ether oxygens (including phenoxy) is 1. The van der Waals surface area contributed by atoms with Crippen molar-refractivity contribution < 1.29 is 14.1 Å². The quantitative estimate of drug-likeness (QED) is 0.858. The van der Waals surface area contributed by atoms with Gasteiger partial charge in [-0.05, 0) is 18.4 Å². The maximum absolute atomic E-state index is 12.4. The molecule has 2 amide bonds. The molecule has 1 N–H and O–H groups in total. The highest BCUT2D eigenvalue weighted by atomic mass is 16.5. The molecule has 2 aromatic rings. The van der Waals surface area contributed by atoms with Crippen molar-refractivity contribution in [1.29, 1.82) is 0 Å². The fourth-order valence-corrected chi connectivity index (χ4v) is 2.89. The molecule has 1 saturated heterocycles. The van der Waals surface area contributed by atoms with Crippen LogP contribution in [-0.4, -0.2) is 40.3 Å². The molecule has 140 valence electrons. The van der Waals surface area contributed by atoms with Crippen molar-refractivity contribution in [3.8, 4) is 0 Å². The van der Waals surface area contributed by atoms with E-state index in [0.717, 1.165) is 24.9 Å². The summed E-state index contributed by atoms with van der Waals surface area (Å²) >= 11 is 0. The molecular weight excluding hydrogens is 332 g/mol. The van der Waals surface area contributed by atoms with Crippen LogP contribution in [-0.2, 0) is 17.9 Å².